The average Bonchev–Trinajstić information content (AvgIpc) is 2.93. The maximum atomic E-state index is 12.6. The first kappa shape index (κ1) is 16.3. The van der Waals surface area contributed by atoms with Gasteiger partial charge in [-0.2, -0.15) is 18.3 Å². The van der Waals surface area contributed by atoms with E-state index in [2.05, 4.69) is 17.3 Å². The summed E-state index contributed by atoms with van der Waals surface area (Å²) in [6, 6.07) is 1.27. The van der Waals surface area contributed by atoms with E-state index in [0.717, 1.165) is 31.9 Å². The summed E-state index contributed by atoms with van der Waals surface area (Å²) in [6.07, 6.45) is 4.15. The fourth-order valence-corrected chi connectivity index (χ4v) is 3.06. The van der Waals surface area contributed by atoms with E-state index in [0.29, 0.717) is 12.5 Å². The molecule has 0 aromatic carbocycles. The van der Waals surface area contributed by atoms with Gasteiger partial charge in [-0.1, -0.05) is 26.2 Å². The zero-order valence-electron chi connectivity index (χ0n) is 12.5. The minimum absolute atomic E-state index is 0.214. The molecule has 1 aromatic rings. The van der Waals surface area contributed by atoms with Crippen molar-refractivity contribution in [2.24, 2.45) is 5.92 Å². The maximum absolute atomic E-state index is 12.6. The summed E-state index contributed by atoms with van der Waals surface area (Å²) in [5, 5.41) is 7.17. The molecule has 1 aromatic heterocycles. The third-order valence-electron chi connectivity index (χ3n) is 4.19. The molecule has 0 saturated heterocycles. The SMILES string of the molecule is CCCNC(Cn1ccc(C(F)(F)F)n1)C1CCCCC1. The summed E-state index contributed by atoms with van der Waals surface area (Å²) in [4.78, 5) is 0. The van der Waals surface area contributed by atoms with Gasteiger partial charge in [-0.25, -0.2) is 0 Å². The van der Waals surface area contributed by atoms with Gasteiger partial charge in [0, 0.05) is 12.2 Å². The predicted molar refractivity (Wildman–Crippen MR) is 75.9 cm³/mol. The highest BCUT2D eigenvalue weighted by molar-refractivity contribution is 5.03. The van der Waals surface area contributed by atoms with Crippen molar-refractivity contribution in [3.05, 3.63) is 18.0 Å². The lowest BCUT2D eigenvalue weighted by molar-refractivity contribution is -0.141. The Kier molecular flexibility index (Phi) is 5.67. The molecular weight excluding hydrogens is 279 g/mol. The first-order valence-electron chi connectivity index (χ1n) is 7.84. The molecule has 1 unspecified atom stereocenters. The zero-order valence-corrected chi connectivity index (χ0v) is 12.5. The molecule has 1 aliphatic carbocycles. The van der Waals surface area contributed by atoms with Crippen LogP contribution in [0.5, 0.6) is 0 Å². The van der Waals surface area contributed by atoms with Gasteiger partial charge in [-0.3, -0.25) is 4.68 Å². The van der Waals surface area contributed by atoms with E-state index in [9.17, 15) is 13.2 Å². The molecule has 1 N–H and O–H groups in total. The van der Waals surface area contributed by atoms with Gasteiger partial charge >= 0.3 is 6.18 Å². The third kappa shape index (κ3) is 4.73. The van der Waals surface area contributed by atoms with Gasteiger partial charge in [0.05, 0.1) is 6.54 Å². The second-order valence-corrected chi connectivity index (χ2v) is 5.88. The Labute approximate surface area is 123 Å². The van der Waals surface area contributed by atoms with Crippen molar-refractivity contribution in [1.82, 2.24) is 15.1 Å². The molecule has 0 bridgehead atoms. The minimum Gasteiger partial charge on any atom is -0.312 e. The zero-order chi connectivity index (χ0) is 15.3. The number of hydrogen-bond acceptors (Lipinski definition) is 2. The molecule has 21 heavy (non-hydrogen) atoms. The molecule has 0 radical (unpaired) electrons. The van der Waals surface area contributed by atoms with Crippen molar-refractivity contribution in [2.75, 3.05) is 6.54 Å². The van der Waals surface area contributed by atoms with Crippen LogP contribution in [0.4, 0.5) is 13.2 Å². The molecule has 1 aliphatic rings. The second kappa shape index (κ2) is 7.29. The normalized spacial score (nSPS) is 18.9. The van der Waals surface area contributed by atoms with Crippen molar-refractivity contribution in [3.63, 3.8) is 0 Å². The van der Waals surface area contributed by atoms with E-state index in [-0.39, 0.29) is 6.04 Å². The molecule has 0 amide bonds. The number of alkyl halides is 3. The lowest BCUT2D eigenvalue weighted by atomic mass is 9.84. The number of halogens is 3. The highest BCUT2D eigenvalue weighted by atomic mass is 19.4. The number of hydrogen-bond donors (Lipinski definition) is 1. The van der Waals surface area contributed by atoms with E-state index >= 15 is 0 Å². The Morgan fingerprint density at radius 1 is 1.33 bits per heavy atom. The van der Waals surface area contributed by atoms with Crippen LogP contribution in [0.25, 0.3) is 0 Å². The molecule has 1 saturated carbocycles. The van der Waals surface area contributed by atoms with Gasteiger partial charge in [0.15, 0.2) is 5.69 Å². The number of aromatic nitrogens is 2. The number of rotatable bonds is 6. The van der Waals surface area contributed by atoms with E-state index in [4.69, 9.17) is 0 Å². The Bertz CT molecular complexity index is 422. The highest BCUT2D eigenvalue weighted by Gasteiger charge is 2.34. The minimum atomic E-state index is -4.36. The molecule has 1 heterocycles. The quantitative estimate of drug-likeness (QED) is 0.865. The maximum Gasteiger partial charge on any atom is 0.435 e. The van der Waals surface area contributed by atoms with Crippen LogP contribution < -0.4 is 5.32 Å². The average molecular weight is 303 g/mol. The standard InChI is InChI=1S/C15H24F3N3/c1-2-9-19-13(12-6-4-3-5-7-12)11-21-10-8-14(20-21)15(16,17)18/h8,10,12-13,19H,2-7,9,11H2,1H3. The predicted octanol–water partition coefficient (Wildman–Crippen LogP) is 3.85. The molecule has 1 fully saturated rings. The fraction of sp³-hybridized carbons (Fsp3) is 0.800. The lowest BCUT2D eigenvalue weighted by Gasteiger charge is -2.31. The van der Waals surface area contributed by atoms with E-state index in [1.54, 1.807) is 0 Å². The molecule has 0 spiro atoms. The van der Waals surface area contributed by atoms with Crippen LogP contribution in [0.2, 0.25) is 0 Å². The van der Waals surface area contributed by atoms with Gasteiger partial charge in [0.25, 0.3) is 0 Å². The van der Waals surface area contributed by atoms with Gasteiger partial charge < -0.3 is 5.32 Å². The van der Waals surface area contributed by atoms with Crippen LogP contribution in [0.1, 0.15) is 51.1 Å². The number of nitrogens with zero attached hydrogens (tertiary/aromatic N) is 2. The summed E-state index contributed by atoms with van der Waals surface area (Å²) in [7, 11) is 0. The fourth-order valence-electron chi connectivity index (χ4n) is 3.06. The van der Waals surface area contributed by atoms with Crippen molar-refractivity contribution < 1.29 is 13.2 Å². The Hall–Kier alpha value is -1.04. The van der Waals surface area contributed by atoms with E-state index in [1.807, 2.05) is 0 Å². The lowest BCUT2D eigenvalue weighted by Crippen LogP contribution is -2.41. The van der Waals surface area contributed by atoms with Crippen LogP contribution in [0.3, 0.4) is 0 Å². The summed E-state index contributed by atoms with van der Waals surface area (Å²) in [5.74, 6) is 0.545. The first-order chi connectivity index (χ1) is 10.0. The first-order valence-corrected chi connectivity index (χ1v) is 7.84. The molecule has 6 heteroatoms. The van der Waals surface area contributed by atoms with Gasteiger partial charge in [0.1, 0.15) is 0 Å². The third-order valence-corrected chi connectivity index (χ3v) is 4.19. The van der Waals surface area contributed by atoms with Crippen LogP contribution in [-0.4, -0.2) is 22.4 Å². The summed E-state index contributed by atoms with van der Waals surface area (Å²) < 4.78 is 39.2. The smallest absolute Gasteiger partial charge is 0.312 e. The van der Waals surface area contributed by atoms with E-state index < -0.39 is 11.9 Å². The largest absolute Gasteiger partial charge is 0.435 e. The molecule has 3 nitrogen and oxygen atoms in total. The van der Waals surface area contributed by atoms with Crippen LogP contribution in [-0.2, 0) is 12.7 Å². The monoisotopic (exact) mass is 303 g/mol. The molecule has 120 valence electrons. The van der Waals surface area contributed by atoms with Crippen LogP contribution in [0.15, 0.2) is 12.3 Å². The summed E-state index contributed by atoms with van der Waals surface area (Å²) in [6.45, 7) is 3.51. The Morgan fingerprint density at radius 3 is 2.62 bits per heavy atom. The van der Waals surface area contributed by atoms with Crippen molar-refractivity contribution in [3.8, 4) is 0 Å². The summed E-state index contributed by atoms with van der Waals surface area (Å²) >= 11 is 0. The molecule has 0 aliphatic heterocycles. The molecular formula is C15H24F3N3. The number of nitrogens with one attached hydrogen (secondary N) is 1. The van der Waals surface area contributed by atoms with Crippen LogP contribution >= 0.6 is 0 Å². The molecule has 2 rings (SSSR count). The highest BCUT2D eigenvalue weighted by Crippen LogP contribution is 2.29. The van der Waals surface area contributed by atoms with Crippen molar-refractivity contribution in [1.29, 1.82) is 0 Å². The Balaban J connectivity index is 2.01. The van der Waals surface area contributed by atoms with Gasteiger partial charge in [0.2, 0.25) is 0 Å². The topological polar surface area (TPSA) is 29.9 Å². The Morgan fingerprint density at radius 2 is 2.05 bits per heavy atom. The molecule has 1 atom stereocenters. The van der Waals surface area contributed by atoms with Gasteiger partial charge in [-0.05, 0) is 37.8 Å². The van der Waals surface area contributed by atoms with Crippen molar-refractivity contribution in [2.45, 2.75) is 64.2 Å². The van der Waals surface area contributed by atoms with Crippen molar-refractivity contribution >= 4 is 0 Å². The van der Waals surface area contributed by atoms with E-state index in [1.165, 1.54) is 30.1 Å². The van der Waals surface area contributed by atoms with Gasteiger partial charge in [-0.15, -0.1) is 0 Å². The van der Waals surface area contributed by atoms with Crippen LogP contribution in [0, 0.1) is 5.92 Å². The summed E-state index contributed by atoms with van der Waals surface area (Å²) in [5.41, 5.74) is -0.805. The second-order valence-electron chi connectivity index (χ2n) is 5.88.